The summed E-state index contributed by atoms with van der Waals surface area (Å²) in [5.41, 5.74) is 0. The van der Waals surface area contributed by atoms with Gasteiger partial charge in [-0.2, -0.15) is 0 Å². The molecule has 0 atom stereocenters. The molecule has 14 heteroatoms. The van der Waals surface area contributed by atoms with Gasteiger partial charge in [0.25, 0.3) is 0 Å². The van der Waals surface area contributed by atoms with Gasteiger partial charge in [0.1, 0.15) is 0 Å². The van der Waals surface area contributed by atoms with E-state index in [1.54, 1.807) is 0 Å². The first-order valence-corrected chi connectivity index (χ1v) is 9.80. The fourth-order valence-electron chi connectivity index (χ4n) is 0. The molecule has 0 rings (SSSR count). The van der Waals surface area contributed by atoms with Crippen molar-refractivity contribution in [2.24, 2.45) is 0 Å². The molecule has 0 radical (unpaired) electrons. The van der Waals surface area contributed by atoms with Gasteiger partial charge in [-0.15, -0.1) is 0 Å². The normalized spacial score (nSPS) is 3.43. The number of rotatable bonds is 0. The topological polar surface area (TPSA) is 161 Å². The van der Waals surface area contributed by atoms with Crippen molar-refractivity contribution < 1.29 is 31.6 Å². The Balaban J connectivity index is -0.0000000145. The summed E-state index contributed by atoms with van der Waals surface area (Å²) in [6, 6.07) is 0. The van der Waals surface area contributed by atoms with Gasteiger partial charge in [0.05, 0.1) is 0 Å². The molecule has 0 unspecified atom stereocenters. The average Bonchev–Trinajstić information content (AvgIpc) is 1.92. The predicted octanol–water partition coefficient (Wildman–Crippen LogP) is -8.59. The van der Waals surface area contributed by atoms with Crippen LogP contribution in [0.2, 0.25) is 0 Å². The molecule has 0 fully saturated rings. The Bertz CT molecular complexity index is 75.3. The summed E-state index contributed by atoms with van der Waals surface area (Å²) >= 11 is -8.75. The maximum atomic E-state index is 8.53. The van der Waals surface area contributed by atoms with Crippen molar-refractivity contribution in [1.82, 2.24) is 0 Å². The summed E-state index contributed by atoms with van der Waals surface area (Å²) in [7, 11) is 0. The fourth-order valence-corrected chi connectivity index (χ4v) is 0. The molecule has 72 valence electrons. The van der Waals surface area contributed by atoms with Crippen molar-refractivity contribution in [3.8, 4) is 0 Å². The van der Waals surface area contributed by atoms with Crippen molar-refractivity contribution >= 4 is 135 Å². The van der Waals surface area contributed by atoms with Gasteiger partial charge in [0, 0.05) is 0 Å². The summed E-state index contributed by atoms with van der Waals surface area (Å²) in [4.78, 5) is 0. The molecular formula is H4BaGe4MgO8. The van der Waals surface area contributed by atoms with Crippen LogP contribution in [-0.2, 0) is 15.1 Å². The molecule has 0 aliphatic heterocycles. The third kappa shape index (κ3) is 341. The van der Waals surface area contributed by atoms with Crippen LogP contribution in [0.3, 0.4) is 0 Å². The second kappa shape index (κ2) is 74.1. The van der Waals surface area contributed by atoms with Gasteiger partial charge in [-0.05, 0) is 0 Å². The van der Waals surface area contributed by atoms with Crippen molar-refractivity contribution in [3.05, 3.63) is 0 Å². The molecule has 0 aromatic rings. The molecule has 8 nitrogen and oxygen atoms in total. The van der Waals surface area contributed by atoms with Gasteiger partial charge in [-0.25, -0.2) is 0 Å². The van der Waals surface area contributed by atoms with E-state index in [2.05, 4.69) is 0 Å². The van der Waals surface area contributed by atoms with E-state index in [-0.39, 0.29) is 71.9 Å². The molecule has 0 saturated carbocycles. The summed E-state index contributed by atoms with van der Waals surface area (Å²) in [6.45, 7) is 0. The molecule has 0 amide bonds. The second-order valence-corrected chi connectivity index (χ2v) is 2.00. The zero-order chi connectivity index (χ0) is 10.8. The fraction of sp³-hybridized carbons (Fsp3) is 0. The number of hydrogen-bond acceptors (Lipinski definition) is 8. The van der Waals surface area contributed by atoms with Crippen LogP contribution >= 0.6 is 0 Å². The summed E-state index contributed by atoms with van der Waals surface area (Å²) in [6.07, 6.45) is 0. The van der Waals surface area contributed by atoms with Crippen LogP contribution in [0.15, 0.2) is 0 Å². The Kier molecular flexibility index (Phi) is 190. The van der Waals surface area contributed by atoms with Crippen molar-refractivity contribution in [3.63, 3.8) is 0 Å². The minimum atomic E-state index is -2.19. The van der Waals surface area contributed by atoms with Crippen LogP contribution in [0, 0.1) is 0 Å². The molecule has 0 aromatic carbocycles. The first-order valence-electron chi connectivity index (χ1n) is 1.89. The first-order chi connectivity index (χ1) is 5.66. The van der Waals surface area contributed by atoms with Crippen molar-refractivity contribution in [2.75, 3.05) is 0 Å². The van der Waals surface area contributed by atoms with E-state index in [0.717, 1.165) is 0 Å². The third-order valence-corrected chi connectivity index (χ3v) is 0. The molecule has 0 heterocycles. The molecular weight excluding hydrogens is 580 g/mol. The van der Waals surface area contributed by atoms with Gasteiger partial charge >= 0.3 is 166 Å². The minimum absolute atomic E-state index is 0. The molecule has 0 bridgehead atoms. The maximum absolute atomic E-state index is 8.53. The van der Waals surface area contributed by atoms with Gasteiger partial charge in [-0.1, -0.05) is 0 Å². The Labute approximate surface area is 163 Å². The SMILES string of the molecule is [Ba+2].[Mg+2].[O]=[GeH][O-].[O]=[GeH][O-].[O]=[GeH][O-].[O]=[GeH][O-]. The second-order valence-electron chi connectivity index (χ2n) is 0.385. The van der Waals surface area contributed by atoms with Crippen LogP contribution in [0.5, 0.6) is 0 Å². The zero-order valence-corrected chi connectivity index (χ0v) is 22.5. The molecule has 0 aromatic heterocycles. The summed E-state index contributed by atoms with van der Waals surface area (Å²) < 4.78 is 68.2. The summed E-state index contributed by atoms with van der Waals surface area (Å²) in [5.74, 6) is 0. The van der Waals surface area contributed by atoms with E-state index in [4.69, 9.17) is 31.6 Å². The van der Waals surface area contributed by atoms with E-state index in [9.17, 15) is 0 Å². The van der Waals surface area contributed by atoms with E-state index in [1.807, 2.05) is 0 Å². The zero-order valence-electron chi connectivity index (χ0n) is 6.99. The van der Waals surface area contributed by atoms with Gasteiger partial charge in [-0.3, -0.25) is 0 Å². The molecule has 0 N–H and O–H groups in total. The van der Waals surface area contributed by atoms with Crippen LogP contribution in [-0.4, -0.2) is 135 Å². The van der Waals surface area contributed by atoms with E-state index < -0.39 is 62.8 Å². The summed E-state index contributed by atoms with van der Waals surface area (Å²) in [5, 5.41) is 0. The molecule has 0 aliphatic rings. The predicted molar refractivity (Wildman–Crippen MR) is 42.9 cm³/mol. The van der Waals surface area contributed by atoms with Crippen LogP contribution in [0.25, 0.3) is 0 Å². The monoisotopic (exact) mass is 590 g/mol. The average molecular weight is 584 g/mol. The number of hydrogen-bond donors (Lipinski definition) is 0. The Morgan fingerprint density at radius 2 is 0.571 bits per heavy atom. The van der Waals surface area contributed by atoms with Crippen molar-refractivity contribution in [2.45, 2.75) is 0 Å². The molecule has 0 aliphatic carbocycles. The molecule has 0 spiro atoms. The van der Waals surface area contributed by atoms with E-state index in [1.165, 1.54) is 0 Å². The van der Waals surface area contributed by atoms with E-state index >= 15 is 0 Å². The van der Waals surface area contributed by atoms with Crippen LogP contribution in [0.4, 0.5) is 0 Å². The first kappa shape index (κ1) is 36.0. The van der Waals surface area contributed by atoms with Gasteiger partial charge in [0.2, 0.25) is 0 Å². The van der Waals surface area contributed by atoms with Gasteiger partial charge < -0.3 is 0 Å². The Morgan fingerprint density at radius 3 is 0.571 bits per heavy atom. The van der Waals surface area contributed by atoms with Gasteiger partial charge in [0.15, 0.2) is 0 Å². The third-order valence-electron chi connectivity index (χ3n) is 0. The Hall–Kier alpha value is 2.91. The molecule has 14 heavy (non-hydrogen) atoms. The van der Waals surface area contributed by atoms with Crippen LogP contribution < -0.4 is 16.5 Å². The Morgan fingerprint density at radius 1 is 0.571 bits per heavy atom. The van der Waals surface area contributed by atoms with E-state index in [0.29, 0.717) is 0 Å². The van der Waals surface area contributed by atoms with Crippen LogP contribution in [0.1, 0.15) is 0 Å². The quantitative estimate of drug-likeness (QED) is 0.254. The van der Waals surface area contributed by atoms with Crippen molar-refractivity contribution in [1.29, 1.82) is 0 Å². The standard InChI is InChI=1S/Ba.4GeHO2.Mg/c;4*2-1-3;/h;4*1H;/q+2;4*-1;+2. The molecule has 0 saturated heterocycles.